The van der Waals surface area contributed by atoms with Crippen LogP contribution in [-0.2, 0) is 6.54 Å². The molecule has 3 nitrogen and oxygen atoms in total. The maximum atomic E-state index is 10.6. The molecule has 1 N–H and O–H groups in total. The third kappa shape index (κ3) is 3.27. The molecule has 0 radical (unpaired) electrons. The Labute approximate surface area is 90.3 Å². The van der Waals surface area contributed by atoms with Gasteiger partial charge in [-0.25, -0.2) is 4.79 Å². The molecule has 0 aromatic heterocycles. The van der Waals surface area contributed by atoms with Crippen LogP contribution in [0.5, 0.6) is 0 Å². The normalized spacial score (nSPS) is 10.4. The second kappa shape index (κ2) is 4.82. The molecule has 0 saturated heterocycles. The summed E-state index contributed by atoms with van der Waals surface area (Å²) in [5.74, 6) is 0.510. The number of carboxylic acid groups (broad SMARTS) is 1. The van der Waals surface area contributed by atoms with Crippen molar-refractivity contribution in [2.45, 2.75) is 26.3 Å². The van der Waals surface area contributed by atoms with Gasteiger partial charge in [-0.3, -0.25) is 0 Å². The van der Waals surface area contributed by atoms with E-state index >= 15 is 0 Å². The highest BCUT2D eigenvalue weighted by atomic mass is 16.4. The summed E-state index contributed by atoms with van der Waals surface area (Å²) in [6.07, 6.45) is -0.900. The van der Waals surface area contributed by atoms with E-state index in [0.717, 1.165) is 5.56 Å². The SMILES string of the molecule is CC(C)c1ccc(CN(C)C(=O)O)cc1. The Morgan fingerprint density at radius 2 is 1.87 bits per heavy atom. The number of carbonyl (C=O) groups is 1. The van der Waals surface area contributed by atoms with Gasteiger partial charge in [-0.2, -0.15) is 0 Å². The molecular weight excluding hydrogens is 190 g/mol. The molecule has 0 heterocycles. The third-order valence-electron chi connectivity index (χ3n) is 2.39. The Hall–Kier alpha value is -1.51. The van der Waals surface area contributed by atoms with E-state index in [0.29, 0.717) is 12.5 Å². The molecule has 82 valence electrons. The van der Waals surface area contributed by atoms with Crippen molar-refractivity contribution in [3.8, 4) is 0 Å². The Kier molecular flexibility index (Phi) is 3.72. The number of hydrogen-bond donors (Lipinski definition) is 1. The molecular formula is C12H17NO2. The lowest BCUT2D eigenvalue weighted by Crippen LogP contribution is -2.23. The molecule has 1 rings (SSSR count). The lowest BCUT2D eigenvalue weighted by Gasteiger charge is -2.13. The quantitative estimate of drug-likeness (QED) is 0.827. The van der Waals surface area contributed by atoms with E-state index in [4.69, 9.17) is 5.11 Å². The molecule has 0 aliphatic rings. The average Bonchev–Trinajstić information content (AvgIpc) is 2.18. The first-order valence-electron chi connectivity index (χ1n) is 5.03. The molecule has 15 heavy (non-hydrogen) atoms. The van der Waals surface area contributed by atoms with Crippen molar-refractivity contribution < 1.29 is 9.90 Å². The van der Waals surface area contributed by atoms with Crippen LogP contribution in [0.2, 0.25) is 0 Å². The summed E-state index contributed by atoms with van der Waals surface area (Å²) in [5.41, 5.74) is 2.29. The summed E-state index contributed by atoms with van der Waals surface area (Å²) >= 11 is 0. The third-order valence-corrected chi connectivity index (χ3v) is 2.39. The van der Waals surface area contributed by atoms with E-state index in [-0.39, 0.29) is 0 Å². The molecule has 0 bridgehead atoms. The second-order valence-corrected chi connectivity index (χ2v) is 4.03. The van der Waals surface area contributed by atoms with Crippen LogP contribution in [0, 0.1) is 0 Å². The highest BCUT2D eigenvalue weighted by Gasteiger charge is 2.06. The van der Waals surface area contributed by atoms with E-state index in [1.165, 1.54) is 10.5 Å². The first-order valence-corrected chi connectivity index (χ1v) is 5.03. The van der Waals surface area contributed by atoms with Crippen LogP contribution >= 0.6 is 0 Å². The monoisotopic (exact) mass is 207 g/mol. The predicted octanol–water partition coefficient (Wildman–Crippen LogP) is 2.92. The smallest absolute Gasteiger partial charge is 0.407 e. The van der Waals surface area contributed by atoms with E-state index < -0.39 is 6.09 Å². The summed E-state index contributed by atoms with van der Waals surface area (Å²) in [7, 11) is 1.57. The summed E-state index contributed by atoms with van der Waals surface area (Å²) in [4.78, 5) is 11.9. The summed E-state index contributed by atoms with van der Waals surface area (Å²) in [6.45, 7) is 4.71. The zero-order chi connectivity index (χ0) is 11.4. The molecule has 0 spiro atoms. The Morgan fingerprint density at radius 1 is 1.33 bits per heavy atom. The second-order valence-electron chi connectivity index (χ2n) is 4.03. The van der Waals surface area contributed by atoms with E-state index in [2.05, 4.69) is 26.0 Å². The van der Waals surface area contributed by atoms with Gasteiger partial charge < -0.3 is 10.0 Å². The summed E-state index contributed by atoms with van der Waals surface area (Å²) in [6, 6.07) is 8.06. The number of nitrogens with zero attached hydrogens (tertiary/aromatic N) is 1. The molecule has 1 amide bonds. The number of benzene rings is 1. The van der Waals surface area contributed by atoms with E-state index in [1.807, 2.05) is 12.1 Å². The van der Waals surface area contributed by atoms with Crippen molar-refractivity contribution in [3.05, 3.63) is 35.4 Å². The van der Waals surface area contributed by atoms with E-state index in [9.17, 15) is 4.79 Å². The zero-order valence-electron chi connectivity index (χ0n) is 9.40. The van der Waals surface area contributed by atoms with Gasteiger partial charge in [0.2, 0.25) is 0 Å². The average molecular weight is 207 g/mol. The van der Waals surface area contributed by atoms with Crippen molar-refractivity contribution in [2.75, 3.05) is 7.05 Å². The van der Waals surface area contributed by atoms with Gasteiger partial charge in [-0.05, 0) is 17.0 Å². The minimum Gasteiger partial charge on any atom is -0.465 e. The molecule has 1 aromatic carbocycles. The van der Waals surface area contributed by atoms with Gasteiger partial charge in [-0.15, -0.1) is 0 Å². The standard InChI is InChI=1S/C12H17NO2/c1-9(2)11-6-4-10(5-7-11)8-13(3)12(14)15/h4-7,9H,8H2,1-3H3,(H,14,15). The highest BCUT2D eigenvalue weighted by molar-refractivity contribution is 5.64. The van der Waals surface area contributed by atoms with Crippen LogP contribution in [0.1, 0.15) is 30.9 Å². The number of hydrogen-bond acceptors (Lipinski definition) is 1. The zero-order valence-corrected chi connectivity index (χ0v) is 9.40. The van der Waals surface area contributed by atoms with Gasteiger partial charge in [0.25, 0.3) is 0 Å². The topological polar surface area (TPSA) is 40.5 Å². The molecule has 0 atom stereocenters. The summed E-state index contributed by atoms with van der Waals surface area (Å²) < 4.78 is 0. The first kappa shape index (κ1) is 11.6. The van der Waals surface area contributed by atoms with Crippen molar-refractivity contribution in [1.82, 2.24) is 4.90 Å². The van der Waals surface area contributed by atoms with Gasteiger partial charge in [0, 0.05) is 13.6 Å². The fourth-order valence-corrected chi connectivity index (χ4v) is 1.35. The fourth-order valence-electron chi connectivity index (χ4n) is 1.35. The Morgan fingerprint density at radius 3 is 2.27 bits per heavy atom. The van der Waals surface area contributed by atoms with Crippen LogP contribution < -0.4 is 0 Å². The van der Waals surface area contributed by atoms with Crippen LogP contribution in [0.25, 0.3) is 0 Å². The minimum absolute atomic E-state index is 0.438. The molecule has 0 aliphatic carbocycles. The molecule has 1 aromatic rings. The van der Waals surface area contributed by atoms with Gasteiger partial charge in [0.05, 0.1) is 0 Å². The van der Waals surface area contributed by atoms with Gasteiger partial charge in [0.1, 0.15) is 0 Å². The highest BCUT2D eigenvalue weighted by Crippen LogP contribution is 2.15. The van der Waals surface area contributed by atoms with Gasteiger partial charge >= 0.3 is 6.09 Å². The fraction of sp³-hybridized carbons (Fsp3) is 0.417. The van der Waals surface area contributed by atoms with Gasteiger partial charge in [0.15, 0.2) is 0 Å². The number of amides is 1. The van der Waals surface area contributed by atoms with Crippen LogP contribution in [0.15, 0.2) is 24.3 Å². The van der Waals surface area contributed by atoms with Crippen molar-refractivity contribution in [2.24, 2.45) is 0 Å². The predicted molar refractivity (Wildman–Crippen MR) is 60.0 cm³/mol. The van der Waals surface area contributed by atoms with E-state index in [1.54, 1.807) is 7.05 Å². The van der Waals surface area contributed by atoms with Crippen LogP contribution in [-0.4, -0.2) is 23.1 Å². The minimum atomic E-state index is -0.900. The molecule has 0 unspecified atom stereocenters. The lowest BCUT2D eigenvalue weighted by molar-refractivity contribution is 0.154. The maximum Gasteiger partial charge on any atom is 0.407 e. The van der Waals surface area contributed by atoms with Crippen LogP contribution in [0.3, 0.4) is 0 Å². The molecule has 0 aliphatic heterocycles. The Balaban J connectivity index is 2.68. The molecule has 0 saturated carbocycles. The van der Waals surface area contributed by atoms with Crippen LogP contribution in [0.4, 0.5) is 4.79 Å². The largest absolute Gasteiger partial charge is 0.465 e. The van der Waals surface area contributed by atoms with Gasteiger partial charge in [-0.1, -0.05) is 38.1 Å². The first-order chi connectivity index (χ1) is 7.00. The molecule has 0 fully saturated rings. The van der Waals surface area contributed by atoms with Crippen molar-refractivity contribution in [1.29, 1.82) is 0 Å². The lowest BCUT2D eigenvalue weighted by atomic mass is 10.0. The summed E-state index contributed by atoms with van der Waals surface area (Å²) in [5, 5.41) is 8.71. The number of rotatable bonds is 3. The molecule has 3 heteroatoms. The van der Waals surface area contributed by atoms with Crippen molar-refractivity contribution >= 4 is 6.09 Å². The van der Waals surface area contributed by atoms with Crippen molar-refractivity contribution in [3.63, 3.8) is 0 Å². The Bertz CT molecular complexity index is 330. The maximum absolute atomic E-state index is 10.6.